The van der Waals surface area contributed by atoms with Crippen LogP contribution in [0.3, 0.4) is 0 Å². The first kappa shape index (κ1) is 16.3. The highest BCUT2D eigenvalue weighted by molar-refractivity contribution is 9.10. The molecule has 0 spiro atoms. The summed E-state index contributed by atoms with van der Waals surface area (Å²) in [5.74, 6) is 1.31. The molecule has 6 heteroatoms. The van der Waals surface area contributed by atoms with Gasteiger partial charge in [-0.25, -0.2) is 8.42 Å². The maximum absolute atomic E-state index is 11.9. The first-order chi connectivity index (χ1) is 8.67. The van der Waals surface area contributed by atoms with Crippen LogP contribution in [0, 0.1) is 0 Å². The van der Waals surface area contributed by atoms with Gasteiger partial charge >= 0.3 is 0 Å². The topological polar surface area (TPSA) is 52.6 Å². The molecule has 19 heavy (non-hydrogen) atoms. The van der Waals surface area contributed by atoms with Crippen LogP contribution >= 0.6 is 15.9 Å². The molecule has 1 rings (SSSR count). The Morgan fingerprint density at radius 1 is 1.26 bits per heavy atom. The summed E-state index contributed by atoms with van der Waals surface area (Å²) in [6, 6.07) is 5.28. The Balaban J connectivity index is 2.64. The van der Waals surface area contributed by atoms with Gasteiger partial charge in [-0.2, -0.15) is 0 Å². The molecule has 0 bridgehead atoms. The third-order valence-electron chi connectivity index (χ3n) is 2.68. The lowest BCUT2D eigenvalue weighted by molar-refractivity contribution is 0.336. The predicted molar refractivity (Wildman–Crippen MR) is 79.7 cm³/mol. The largest absolute Gasteiger partial charge is 0.497 e. The van der Waals surface area contributed by atoms with Crippen molar-refractivity contribution in [1.82, 2.24) is 0 Å². The summed E-state index contributed by atoms with van der Waals surface area (Å²) in [6.07, 6.45) is 0. The number of hydrogen-bond acceptors (Lipinski definition) is 4. The van der Waals surface area contributed by atoms with Crippen molar-refractivity contribution in [1.29, 1.82) is 0 Å². The number of rotatable bonds is 5. The SMILES string of the molecule is COc1ccc(OCCS(=O)(=O)C(C)(C)C)c(Br)c1. The molecule has 0 aliphatic carbocycles. The lowest BCUT2D eigenvalue weighted by Gasteiger charge is -2.19. The molecule has 0 atom stereocenters. The fraction of sp³-hybridized carbons (Fsp3) is 0.538. The first-order valence-corrected chi connectivity index (χ1v) is 8.30. The van der Waals surface area contributed by atoms with Crippen LogP contribution in [-0.2, 0) is 9.84 Å². The van der Waals surface area contributed by atoms with Crippen LogP contribution in [0.4, 0.5) is 0 Å². The summed E-state index contributed by atoms with van der Waals surface area (Å²) >= 11 is 3.35. The molecule has 1 aromatic carbocycles. The number of halogens is 1. The van der Waals surface area contributed by atoms with Gasteiger partial charge in [-0.1, -0.05) is 0 Å². The average molecular weight is 351 g/mol. The fourth-order valence-corrected chi connectivity index (χ4v) is 2.68. The smallest absolute Gasteiger partial charge is 0.158 e. The van der Waals surface area contributed by atoms with Crippen LogP contribution in [0.1, 0.15) is 20.8 Å². The van der Waals surface area contributed by atoms with Gasteiger partial charge in [0.15, 0.2) is 9.84 Å². The van der Waals surface area contributed by atoms with Gasteiger partial charge in [0.05, 0.1) is 22.1 Å². The summed E-state index contributed by atoms with van der Waals surface area (Å²) < 4.78 is 34.4. The number of sulfone groups is 1. The molecule has 0 saturated heterocycles. The van der Waals surface area contributed by atoms with Crippen LogP contribution in [-0.4, -0.2) is 32.6 Å². The van der Waals surface area contributed by atoms with E-state index in [4.69, 9.17) is 9.47 Å². The van der Waals surface area contributed by atoms with E-state index in [-0.39, 0.29) is 12.4 Å². The molecule has 0 amide bonds. The lowest BCUT2D eigenvalue weighted by Crippen LogP contribution is -2.32. The summed E-state index contributed by atoms with van der Waals surface area (Å²) in [7, 11) is -1.58. The third-order valence-corrected chi connectivity index (χ3v) is 5.87. The van der Waals surface area contributed by atoms with Crippen molar-refractivity contribution in [2.75, 3.05) is 19.5 Å². The Morgan fingerprint density at radius 3 is 2.37 bits per heavy atom. The Kier molecular flexibility index (Phi) is 5.26. The van der Waals surface area contributed by atoms with Crippen LogP contribution in [0.5, 0.6) is 11.5 Å². The van der Waals surface area contributed by atoms with E-state index >= 15 is 0 Å². The van der Waals surface area contributed by atoms with Gasteiger partial charge in [-0.3, -0.25) is 0 Å². The normalized spacial score (nSPS) is 12.3. The van der Waals surface area contributed by atoms with E-state index in [0.717, 1.165) is 4.47 Å². The molecule has 0 saturated carbocycles. The minimum Gasteiger partial charge on any atom is -0.497 e. The number of hydrogen-bond donors (Lipinski definition) is 0. The van der Waals surface area contributed by atoms with Crippen molar-refractivity contribution in [3.8, 4) is 11.5 Å². The van der Waals surface area contributed by atoms with Gasteiger partial charge in [0, 0.05) is 0 Å². The summed E-state index contributed by atoms with van der Waals surface area (Å²) in [4.78, 5) is 0. The van der Waals surface area contributed by atoms with Gasteiger partial charge in [0.25, 0.3) is 0 Å². The van der Waals surface area contributed by atoms with E-state index in [9.17, 15) is 8.42 Å². The second kappa shape index (κ2) is 6.13. The Labute approximate surface area is 123 Å². The molecular weight excluding hydrogens is 332 g/mol. The number of ether oxygens (including phenoxy) is 2. The fourth-order valence-electron chi connectivity index (χ4n) is 1.29. The van der Waals surface area contributed by atoms with Crippen LogP contribution < -0.4 is 9.47 Å². The minimum atomic E-state index is -3.16. The van der Waals surface area contributed by atoms with Gasteiger partial charge < -0.3 is 9.47 Å². The van der Waals surface area contributed by atoms with Crippen molar-refractivity contribution < 1.29 is 17.9 Å². The van der Waals surface area contributed by atoms with Crippen LogP contribution in [0.15, 0.2) is 22.7 Å². The van der Waals surface area contributed by atoms with Crippen molar-refractivity contribution in [3.63, 3.8) is 0 Å². The van der Waals surface area contributed by atoms with Crippen molar-refractivity contribution >= 4 is 25.8 Å². The second-order valence-electron chi connectivity index (χ2n) is 5.08. The zero-order valence-corrected chi connectivity index (χ0v) is 14.0. The Hall–Kier alpha value is -0.750. The number of methoxy groups -OCH3 is 1. The van der Waals surface area contributed by atoms with Crippen molar-refractivity contribution in [2.24, 2.45) is 0 Å². The summed E-state index contributed by atoms with van der Waals surface area (Å²) in [6.45, 7) is 5.19. The zero-order valence-electron chi connectivity index (χ0n) is 11.6. The predicted octanol–water partition coefficient (Wildman–Crippen LogP) is 3.05. The maximum Gasteiger partial charge on any atom is 0.158 e. The Bertz CT molecular complexity index is 532. The molecule has 108 valence electrons. The molecule has 1 aromatic rings. The van der Waals surface area contributed by atoms with E-state index in [1.165, 1.54) is 0 Å². The molecule has 0 aromatic heterocycles. The van der Waals surface area contributed by atoms with Gasteiger partial charge in [0.2, 0.25) is 0 Å². The summed E-state index contributed by atoms with van der Waals surface area (Å²) in [5.41, 5.74) is 0. The highest BCUT2D eigenvalue weighted by Crippen LogP contribution is 2.29. The highest BCUT2D eigenvalue weighted by Gasteiger charge is 2.28. The maximum atomic E-state index is 11.9. The van der Waals surface area contributed by atoms with Gasteiger partial charge in [-0.15, -0.1) is 0 Å². The van der Waals surface area contributed by atoms with E-state index in [2.05, 4.69) is 15.9 Å². The van der Waals surface area contributed by atoms with Crippen LogP contribution in [0.25, 0.3) is 0 Å². The molecule has 0 aliphatic rings. The molecule has 0 N–H and O–H groups in total. The third kappa shape index (κ3) is 4.38. The molecular formula is C13H19BrO4S. The van der Waals surface area contributed by atoms with Crippen LogP contribution in [0.2, 0.25) is 0 Å². The average Bonchev–Trinajstić information content (AvgIpc) is 2.29. The van der Waals surface area contributed by atoms with Gasteiger partial charge in [-0.05, 0) is 54.9 Å². The summed E-state index contributed by atoms with van der Waals surface area (Å²) in [5, 5.41) is 0. The molecule has 0 aliphatic heterocycles. The van der Waals surface area contributed by atoms with E-state index in [1.54, 1.807) is 46.1 Å². The van der Waals surface area contributed by atoms with E-state index in [0.29, 0.717) is 11.5 Å². The molecule has 4 nitrogen and oxygen atoms in total. The molecule has 0 heterocycles. The monoisotopic (exact) mass is 350 g/mol. The molecule has 0 fully saturated rings. The second-order valence-corrected chi connectivity index (χ2v) is 8.79. The quantitative estimate of drug-likeness (QED) is 0.818. The number of benzene rings is 1. The van der Waals surface area contributed by atoms with Gasteiger partial charge in [0.1, 0.15) is 18.1 Å². The highest BCUT2D eigenvalue weighted by atomic mass is 79.9. The zero-order chi connectivity index (χ0) is 14.7. The van der Waals surface area contributed by atoms with Crippen molar-refractivity contribution in [2.45, 2.75) is 25.5 Å². The Morgan fingerprint density at radius 2 is 1.89 bits per heavy atom. The molecule has 0 unspecified atom stereocenters. The first-order valence-electron chi connectivity index (χ1n) is 5.86. The minimum absolute atomic E-state index is 0.00499. The van der Waals surface area contributed by atoms with Crippen molar-refractivity contribution in [3.05, 3.63) is 22.7 Å². The van der Waals surface area contributed by atoms with E-state index < -0.39 is 14.6 Å². The standard InChI is InChI=1S/C13H19BrO4S/c1-13(2,3)19(15,16)8-7-18-12-6-5-10(17-4)9-11(12)14/h5-6,9H,7-8H2,1-4H3. The van der Waals surface area contributed by atoms with E-state index in [1.807, 2.05) is 0 Å². The molecule has 0 radical (unpaired) electrons. The lowest BCUT2D eigenvalue weighted by atomic mass is 10.3.